The molecule has 0 aliphatic carbocycles. The topological polar surface area (TPSA) is 87.2 Å². The molecule has 2 N–H and O–H groups in total. The Hall–Kier alpha value is -1.89. The third-order valence-corrected chi connectivity index (χ3v) is 3.79. The molecule has 0 unspecified atom stereocenters. The van der Waals surface area contributed by atoms with Crippen molar-refractivity contribution in [2.24, 2.45) is 5.92 Å². The van der Waals surface area contributed by atoms with Crippen molar-refractivity contribution in [3.63, 3.8) is 0 Å². The van der Waals surface area contributed by atoms with Gasteiger partial charge < -0.3 is 10.2 Å². The van der Waals surface area contributed by atoms with Gasteiger partial charge in [-0.1, -0.05) is 0 Å². The van der Waals surface area contributed by atoms with Gasteiger partial charge in [0.15, 0.2) is 0 Å². The summed E-state index contributed by atoms with van der Waals surface area (Å²) in [5, 5.41) is 5.13. The second-order valence-electron chi connectivity index (χ2n) is 5.64. The summed E-state index contributed by atoms with van der Waals surface area (Å²) in [5.41, 5.74) is -0.786. The average Bonchev–Trinajstić information content (AvgIpc) is 2.43. The summed E-state index contributed by atoms with van der Waals surface area (Å²) < 4.78 is 1.02. The molecule has 1 aliphatic rings. The molecular formula is C14H22N4O3. The fourth-order valence-corrected chi connectivity index (χ4v) is 2.70. The van der Waals surface area contributed by atoms with Gasteiger partial charge in [0.2, 0.25) is 5.91 Å². The smallest absolute Gasteiger partial charge is 0.265 e. The summed E-state index contributed by atoms with van der Waals surface area (Å²) >= 11 is 0. The number of rotatable bonds is 5. The van der Waals surface area contributed by atoms with E-state index in [1.54, 1.807) is 0 Å². The number of carbonyl (C=O) groups is 1. The first-order chi connectivity index (χ1) is 10.0. The molecule has 0 radical (unpaired) electrons. The van der Waals surface area contributed by atoms with E-state index in [0.29, 0.717) is 12.5 Å². The minimum Gasteiger partial charge on any atom is -0.354 e. The number of H-pyrrole nitrogens is 1. The molecule has 1 saturated heterocycles. The van der Waals surface area contributed by atoms with Crippen LogP contribution < -0.4 is 16.4 Å². The number of hydrogen-bond acceptors (Lipinski definition) is 4. The zero-order valence-corrected chi connectivity index (χ0v) is 12.3. The van der Waals surface area contributed by atoms with Crippen molar-refractivity contribution >= 4 is 5.91 Å². The number of hydrogen-bond donors (Lipinski definition) is 2. The van der Waals surface area contributed by atoms with E-state index >= 15 is 0 Å². The van der Waals surface area contributed by atoms with Gasteiger partial charge in [-0.25, -0.2) is 4.68 Å². The van der Waals surface area contributed by atoms with E-state index in [4.69, 9.17) is 0 Å². The number of aromatic amines is 1. The lowest BCUT2D eigenvalue weighted by Crippen LogP contribution is -2.38. The van der Waals surface area contributed by atoms with Crippen LogP contribution in [-0.4, -0.2) is 47.3 Å². The molecule has 1 aromatic heterocycles. The average molecular weight is 294 g/mol. The molecule has 116 valence electrons. The number of likely N-dealkylation sites (tertiary alicyclic amines) is 1. The summed E-state index contributed by atoms with van der Waals surface area (Å²) in [6, 6.07) is 2.31. The van der Waals surface area contributed by atoms with Crippen LogP contribution in [0.4, 0.5) is 0 Å². The first-order valence-electron chi connectivity index (χ1n) is 7.30. The van der Waals surface area contributed by atoms with Crippen molar-refractivity contribution in [2.45, 2.75) is 25.8 Å². The number of amides is 1. The fraction of sp³-hybridized carbons (Fsp3) is 0.643. The molecular weight excluding hydrogens is 272 g/mol. The second-order valence-corrected chi connectivity index (χ2v) is 5.64. The van der Waals surface area contributed by atoms with Gasteiger partial charge in [-0.2, -0.15) is 0 Å². The van der Waals surface area contributed by atoms with Gasteiger partial charge in [0.25, 0.3) is 11.1 Å². The van der Waals surface area contributed by atoms with Gasteiger partial charge in [0, 0.05) is 25.2 Å². The van der Waals surface area contributed by atoms with E-state index in [9.17, 15) is 14.4 Å². The summed E-state index contributed by atoms with van der Waals surface area (Å²) in [6.07, 6.45) is 3.34. The Morgan fingerprint density at radius 1 is 1.43 bits per heavy atom. The Morgan fingerprint density at radius 2 is 2.24 bits per heavy atom. The number of aromatic nitrogens is 2. The molecule has 0 spiro atoms. The Morgan fingerprint density at radius 3 is 3.00 bits per heavy atom. The highest BCUT2D eigenvalue weighted by molar-refractivity contribution is 5.75. The van der Waals surface area contributed by atoms with Gasteiger partial charge in [-0.05, 0) is 38.8 Å². The Kier molecular flexibility index (Phi) is 5.32. The molecule has 0 aromatic carbocycles. The molecule has 21 heavy (non-hydrogen) atoms. The molecule has 1 aliphatic heterocycles. The zero-order chi connectivity index (χ0) is 15.2. The standard InChI is InChI=1S/C14H22N4O3/c1-17-8-2-3-11(9-17)6-7-15-13(20)10-18-14(21)5-4-12(19)16-18/h4-5,11H,2-3,6-10H2,1H3,(H,15,20)(H,16,19)/t11-/m0/s1. The molecule has 2 rings (SSSR count). The van der Waals surface area contributed by atoms with Gasteiger partial charge in [-0.15, -0.1) is 0 Å². The van der Waals surface area contributed by atoms with Crippen LogP contribution in [0.25, 0.3) is 0 Å². The van der Waals surface area contributed by atoms with E-state index in [1.807, 2.05) is 0 Å². The van der Waals surface area contributed by atoms with E-state index in [2.05, 4.69) is 22.4 Å². The summed E-state index contributed by atoms with van der Waals surface area (Å²) in [4.78, 5) is 36.7. The van der Waals surface area contributed by atoms with Crippen LogP contribution in [0.15, 0.2) is 21.7 Å². The fourth-order valence-electron chi connectivity index (χ4n) is 2.70. The summed E-state index contributed by atoms with van der Waals surface area (Å²) in [5.74, 6) is 0.353. The first-order valence-corrected chi connectivity index (χ1v) is 7.30. The van der Waals surface area contributed by atoms with Crippen LogP contribution in [0, 0.1) is 5.92 Å². The maximum Gasteiger partial charge on any atom is 0.265 e. The maximum absolute atomic E-state index is 11.8. The maximum atomic E-state index is 11.8. The van der Waals surface area contributed by atoms with Crippen LogP contribution >= 0.6 is 0 Å². The van der Waals surface area contributed by atoms with Crippen molar-refractivity contribution in [1.82, 2.24) is 20.0 Å². The minimum absolute atomic E-state index is 0.153. The van der Waals surface area contributed by atoms with E-state index in [0.717, 1.165) is 36.3 Å². The van der Waals surface area contributed by atoms with Crippen molar-refractivity contribution in [1.29, 1.82) is 0 Å². The first kappa shape index (κ1) is 15.5. The van der Waals surface area contributed by atoms with Crippen molar-refractivity contribution < 1.29 is 4.79 Å². The number of nitrogens with one attached hydrogen (secondary N) is 2. The molecule has 0 saturated carbocycles. The summed E-state index contributed by atoms with van der Waals surface area (Å²) in [6.45, 7) is 2.66. The van der Waals surface area contributed by atoms with Gasteiger partial charge >= 0.3 is 0 Å². The highest BCUT2D eigenvalue weighted by Crippen LogP contribution is 2.17. The summed E-state index contributed by atoms with van der Waals surface area (Å²) in [7, 11) is 2.11. The normalized spacial score (nSPS) is 19.4. The molecule has 7 nitrogen and oxygen atoms in total. The third kappa shape index (κ3) is 4.86. The minimum atomic E-state index is -0.396. The lowest BCUT2D eigenvalue weighted by molar-refractivity contribution is -0.122. The van der Waals surface area contributed by atoms with Crippen LogP contribution in [-0.2, 0) is 11.3 Å². The number of nitrogens with zero attached hydrogens (tertiary/aromatic N) is 2. The highest BCUT2D eigenvalue weighted by Gasteiger charge is 2.16. The monoisotopic (exact) mass is 294 g/mol. The van der Waals surface area contributed by atoms with E-state index in [1.165, 1.54) is 12.8 Å². The molecule has 7 heteroatoms. The molecule has 1 fully saturated rings. The Bertz CT molecular complexity index is 592. The lowest BCUT2D eigenvalue weighted by Gasteiger charge is -2.29. The van der Waals surface area contributed by atoms with Crippen LogP contribution in [0.1, 0.15) is 19.3 Å². The third-order valence-electron chi connectivity index (χ3n) is 3.79. The lowest BCUT2D eigenvalue weighted by atomic mass is 9.95. The molecule has 1 atom stereocenters. The predicted molar refractivity (Wildman–Crippen MR) is 79.2 cm³/mol. The number of piperidine rings is 1. The van der Waals surface area contributed by atoms with Crippen molar-refractivity contribution in [3.8, 4) is 0 Å². The van der Waals surface area contributed by atoms with Crippen LogP contribution in [0.3, 0.4) is 0 Å². The molecule has 0 bridgehead atoms. The Balaban J connectivity index is 1.76. The molecule has 2 heterocycles. The van der Waals surface area contributed by atoms with Gasteiger partial charge in [0.1, 0.15) is 6.54 Å². The van der Waals surface area contributed by atoms with E-state index in [-0.39, 0.29) is 12.5 Å². The Labute approximate surface area is 122 Å². The predicted octanol–water partition coefficient (Wildman–Crippen LogP) is -0.615. The SMILES string of the molecule is CN1CCC[C@@H](CCNC(=O)Cn2[nH]c(=O)ccc2=O)C1. The van der Waals surface area contributed by atoms with Crippen molar-refractivity contribution in [3.05, 3.63) is 32.8 Å². The zero-order valence-electron chi connectivity index (χ0n) is 12.3. The van der Waals surface area contributed by atoms with Crippen LogP contribution in [0.5, 0.6) is 0 Å². The second kappa shape index (κ2) is 7.21. The quantitative estimate of drug-likeness (QED) is 0.758. The van der Waals surface area contributed by atoms with Crippen molar-refractivity contribution in [2.75, 3.05) is 26.7 Å². The van der Waals surface area contributed by atoms with Gasteiger partial charge in [0.05, 0.1) is 0 Å². The molecule has 1 aromatic rings. The molecule has 1 amide bonds. The number of carbonyl (C=O) groups excluding carboxylic acids is 1. The highest BCUT2D eigenvalue weighted by atomic mass is 16.2. The largest absolute Gasteiger partial charge is 0.354 e. The van der Waals surface area contributed by atoms with Crippen LogP contribution in [0.2, 0.25) is 0 Å². The van der Waals surface area contributed by atoms with Gasteiger partial charge in [-0.3, -0.25) is 19.5 Å². The van der Waals surface area contributed by atoms with E-state index < -0.39 is 11.1 Å².